The number of rotatable bonds is 3. The summed E-state index contributed by atoms with van der Waals surface area (Å²) in [5.74, 6) is 1.15. The highest BCUT2D eigenvalue weighted by Gasteiger charge is 2.15. The van der Waals surface area contributed by atoms with Crippen molar-refractivity contribution in [1.29, 1.82) is 0 Å². The van der Waals surface area contributed by atoms with E-state index in [0.717, 1.165) is 27.6 Å². The first-order chi connectivity index (χ1) is 15.8. The van der Waals surface area contributed by atoms with Crippen molar-refractivity contribution in [2.24, 2.45) is 0 Å². The van der Waals surface area contributed by atoms with Gasteiger partial charge in [0.1, 0.15) is 0 Å². The van der Waals surface area contributed by atoms with Crippen LogP contribution in [0, 0.1) is 0 Å². The van der Waals surface area contributed by atoms with Crippen molar-refractivity contribution in [1.82, 2.24) is 15.0 Å². The van der Waals surface area contributed by atoms with Crippen molar-refractivity contribution >= 4 is 43.1 Å². The van der Waals surface area contributed by atoms with Gasteiger partial charge in [-0.25, -0.2) is 4.98 Å². The molecule has 0 aliphatic heterocycles. The molecular weight excluding hydrogens is 434 g/mol. The van der Waals surface area contributed by atoms with E-state index < -0.39 is 0 Å². The Bertz CT molecular complexity index is 1590. The number of halogens is 1. The van der Waals surface area contributed by atoms with Crippen LogP contribution in [0.25, 0.3) is 54.1 Å². The monoisotopic (exact) mass is 449 g/mol. The molecule has 2 heterocycles. The number of hydrogen-bond acceptors (Lipinski definition) is 4. The maximum atomic E-state index is 6.39. The molecule has 3 nitrogen and oxygen atoms in total. The van der Waals surface area contributed by atoms with Gasteiger partial charge in [-0.2, -0.15) is 9.97 Å². The molecule has 0 spiro atoms. The molecular formula is C27H16ClN3S. The van der Waals surface area contributed by atoms with Crippen LogP contribution in [-0.2, 0) is 0 Å². The van der Waals surface area contributed by atoms with Crippen LogP contribution in [0.3, 0.4) is 0 Å². The van der Waals surface area contributed by atoms with E-state index in [0.29, 0.717) is 11.6 Å². The summed E-state index contributed by atoms with van der Waals surface area (Å²) in [6.07, 6.45) is 0. The second kappa shape index (κ2) is 7.83. The fourth-order valence-electron chi connectivity index (χ4n) is 4.03. The predicted molar refractivity (Wildman–Crippen MR) is 134 cm³/mol. The molecule has 0 aliphatic carbocycles. The summed E-state index contributed by atoms with van der Waals surface area (Å²) in [6.45, 7) is 0. The van der Waals surface area contributed by atoms with Gasteiger partial charge in [-0.3, -0.25) is 0 Å². The van der Waals surface area contributed by atoms with Gasteiger partial charge < -0.3 is 0 Å². The highest BCUT2D eigenvalue weighted by atomic mass is 35.5. The second-order valence-electron chi connectivity index (χ2n) is 7.48. The molecule has 2 aromatic heterocycles. The van der Waals surface area contributed by atoms with Gasteiger partial charge in [0, 0.05) is 31.3 Å². The average Bonchev–Trinajstić information content (AvgIpc) is 3.23. The zero-order chi connectivity index (χ0) is 21.5. The smallest absolute Gasteiger partial charge is 0.208 e. The molecule has 0 amide bonds. The Morgan fingerprint density at radius 3 is 2.16 bits per heavy atom. The lowest BCUT2D eigenvalue weighted by molar-refractivity contribution is 1.07. The molecule has 0 atom stereocenters. The van der Waals surface area contributed by atoms with Crippen LogP contribution >= 0.6 is 22.9 Å². The third kappa shape index (κ3) is 3.34. The zero-order valence-electron chi connectivity index (χ0n) is 16.9. The Labute approximate surface area is 194 Å². The molecule has 0 bridgehead atoms. The number of benzene rings is 4. The summed E-state index contributed by atoms with van der Waals surface area (Å²) in [4.78, 5) is 13.8. The summed E-state index contributed by atoms with van der Waals surface area (Å²) in [5.41, 5.74) is 4.11. The topological polar surface area (TPSA) is 38.7 Å². The normalized spacial score (nSPS) is 11.3. The van der Waals surface area contributed by atoms with E-state index in [1.54, 1.807) is 11.3 Å². The first-order valence-electron chi connectivity index (χ1n) is 10.2. The first-order valence-corrected chi connectivity index (χ1v) is 11.4. The lowest BCUT2D eigenvalue weighted by Gasteiger charge is -2.08. The highest BCUT2D eigenvalue weighted by molar-refractivity contribution is 7.25. The molecule has 0 saturated heterocycles. The van der Waals surface area contributed by atoms with Crippen LogP contribution in [0.5, 0.6) is 0 Å². The van der Waals surface area contributed by atoms with Crippen LogP contribution in [0.2, 0.25) is 5.28 Å². The Balaban J connectivity index is 1.53. The van der Waals surface area contributed by atoms with Crippen molar-refractivity contribution in [3.8, 4) is 33.9 Å². The minimum absolute atomic E-state index is 0.187. The minimum Gasteiger partial charge on any atom is -0.208 e. The van der Waals surface area contributed by atoms with Crippen molar-refractivity contribution in [3.63, 3.8) is 0 Å². The highest BCUT2D eigenvalue weighted by Crippen LogP contribution is 2.39. The molecule has 0 saturated carbocycles. The van der Waals surface area contributed by atoms with Gasteiger partial charge in [0.05, 0.1) is 0 Å². The van der Waals surface area contributed by atoms with E-state index in [-0.39, 0.29) is 5.28 Å². The molecule has 6 rings (SSSR count). The Morgan fingerprint density at radius 1 is 0.562 bits per heavy atom. The van der Waals surface area contributed by atoms with E-state index in [1.165, 1.54) is 14.8 Å². The van der Waals surface area contributed by atoms with Crippen LogP contribution in [-0.4, -0.2) is 15.0 Å². The van der Waals surface area contributed by atoms with E-state index in [1.807, 2.05) is 36.4 Å². The Morgan fingerprint density at radius 2 is 1.25 bits per heavy atom. The maximum Gasteiger partial charge on any atom is 0.226 e. The van der Waals surface area contributed by atoms with Gasteiger partial charge in [-0.05, 0) is 40.9 Å². The molecule has 5 heteroatoms. The SMILES string of the molecule is Clc1nc(-c2cccc(-c3ccccc3)c2)nc(-c2cccc3sc4ccccc4c23)n1. The molecule has 0 unspecified atom stereocenters. The minimum atomic E-state index is 0.187. The molecule has 4 aromatic carbocycles. The van der Waals surface area contributed by atoms with Gasteiger partial charge >= 0.3 is 0 Å². The lowest BCUT2D eigenvalue weighted by atomic mass is 10.0. The van der Waals surface area contributed by atoms with Crippen molar-refractivity contribution in [2.45, 2.75) is 0 Å². The summed E-state index contributed by atoms with van der Waals surface area (Å²) in [7, 11) is 0. The standard InChI is InChI=1S/C27H16ClN3S/c28-27-30-25(19-11-6-10-18(16-19)17-8-2-1-3-9-17)29-26(31-27)21-13-7-15-23-24(21)20-12-4-5-14-22(20)32-23/h1-16H. The molecule has 32 heavy (non-hydrogen) atoms. The summed E-state index contributed by atoms with van der Waals surface area (Å²) in [5, 5.41) is 2.54. The first kappa shape index (κ1) is 19.1. The number of aromatic nitrogens is 3. The van der Waals surface area contributed by atoms with E-state index >= 15 is 0 Å². The summed E-state index contributed by atoms with van der Waals surface area (Å²) in [6, 6.07) is 33.1. The van der Waals surface area contributed by atoms with E-state index in [2.05, 4.69) is 70.6 Å². The van der Waals surface area contributed by atoms with E-state index in [4.69, 9.17) is 16.6 Å². The van der Waals surface area contributed by atoms with Crippen LogP contribution in [0.15, 0.2) is 97.1 Å². The quantitative estimate of drug-likeness (QED) is 0.275. The van der Waals surface area contributed by atoms with Gasteiger partial charge in [-0.1, -0.05) is 78.9 Å². The van der Waals surface area contributed by atoms with Gasteiger partial charge in [0.2, 0.25) is 5.28 Å². The van der Waals surface area contributed by atoms with Gasteiger partial charge in [0.25, 0.3) is 0 Å². The average molecular weight is 450 g/mol. The third-order valence-corrected chi connectivity index (χ3v) is 6.78. The molecule has 0 radical (unpaired) electrons. The number of nitrogens with zero attached hydrogens (tertiary/aromatic N) is 3. The van der Waals surface area contributed by atoms with Crippen LogP contribution < -0.4 is 0 Å². The molecule has 0 fully saturated rings. The summed E-state index contributed by atoms with van der Waals surface area (Å²) >= 11 is 8.16. The molecule has 152 valence electrons. The van der Waals surface area contributed by atoms with Crippen LogP contribution in [0.4, 0.5) is 0 Å². The fourth-order valence-corrected chi connectivity index (χ4v) is 5.32. The number of fused-ring (bicyclic) bond motifs is 3. The predicted octanol–water partition coefficient (Wildman–Crippen LogP) is 7.89. The third-order valence-electron chi connectivity index (χ3n) is 5.48. The van der Waals surface area contributed by atoms with Gasteiger partial charge in [0.15, 0.2) is 11.6 Å². The zero-order valence-corrected chi connectivity index (χ0v) is 18.4. The lowest BCUT2D eigenvalue weighted by Crippen LogP contribution is -1.97. The van der Waals surface area contributed by atoms with Crippen molar-refractivity contribution in [2.75, 3.05) is 0 Å². The molecule has 6 aromatic rings. The second-order valence-corrected chi connectivity index (χ2v) is 8.90. The maximum absolute atomic E-state index is 6.39. The largest absolute Gasteiger partial charge is 0.226 e. The van der Waals surface area contributed by atoms with Crippen LogP contribution in [0.1, 0.15) is 0 Å². The fraction of sp³-hybridized carbons (Fsp3) is 0. The van der Waals surface area contributed by atoms with E-state index in [9.17, 15) is 0 Å². The Kier molecular flexibility index (Phi) is 4.67. The van der Waals surface area contributed by atoms with Crippen molar-refractivity contribution in [3.05, 3.63) is 102 Å². The Hall–Kier alpha value is -3.60. The van der Waals surface area contributed by atoms with Crippen molar-refractivity contribution < 1.29 is 0 Å². The van der Waals surface area contributed by atoms with Gasteiger partial charge in [-0.15, -0.1) is 11.3 Å². The molecule has 0 aliphatic rings. The number of thiophene rings is 1. The summed E-state index contributed by atoms with van der Waals surface area (Å²) < 4.78 is 2.44. The number of hydrogen-bond donors (Lipinski definition) is 0. The molecule has 0 N–H and O–H groups in total.